The van der Waals surface area contributed by atoms with Crippen molar-refractivity contribution >= 4 is 46.4 Å². The Morgan fingerprint density at radius 2 is 2.00 bits per heavy atom. The van der Waals surface area contributed by atoms with Crippen LogP contribution in [0.5, 0.6) is 0 Å². The molecule has 0 unspecified atom stereocenters. The summed E-state index contributed by atoms with van der Waals surface area (Å²) in [5, 5.41) is 3.80. The number of aryl methyl sites for hydroxylation is 1. The molecule has 0 aromatic heterocycles. The van der Waals surface area contributed by atoms with Crippen LogP contribution in [-0.2, 0) is 9.59 Å². The number of carbonyl (C=O) groups excluding carboxylic acids is 2. The second kappa shape index (κ2) is 6.83. The van der Waals surface area contributed by atoms with E-state index in [9.17, 15) is 9.59 Å². The Hall–Kier alpha value is -2.04. The molecule has 0 radical (unpaired) electrons. The van der Waals surface area contributed by atoms with Crippen LogP contribution in [0, 0.1) is 12.8 Å². The van der Waals surface area contributed by atoms with Crippen LogP contribution in [0.25, 0.3) is 0 Å². The zero-order valence-electron chi connectivity index (χ0n) is 13.1. The highest BCUT2D eigenvalue weighted by Gasteiger charge is 2.36. The van der Waals surface area contributed by atoms with E-state index in [1.807, 2.05) is 31.2 Å². The van der Waals surface area contributed by atoms with E-state index in [1.165, 1.54) is 4.90 Å². The Labute approximate surface area is 150 Å². The molecule has 0 saturated carbocycles. The fraction of sp³-hybridized carbons (Fsp3) is 0.222. The highest BCUT2D eigenvalue weighted by atomic mass is 35.5. The highest BCUT2D eigenvalue weighted by molar-refractivity contribution is 6.36. The fourth-order valence-corrected chi connectivity index (χ4v) is 3.16. The van der Waals surface area contributed by atoms with Crippen LogP contribution < -0.4 is 10.2 Å². The number of amides is 2. The smallest absolute Gasteiger partial charge is 0.229 e. The predicted molar refractivity (Wildman–Crippen MR) is 96.7 cm³/mol. The Morgan fingerprint density at radius 3 is 2.75 bits per heavy atom. The first-order valence-electron chi connectivity index (χ1n) is 7.57. The third kappa shape index (κ3) is 3.55. The molecule has 1 atom stereocenters. The van der Waals surface area contributed by atoms with E-state index in [0.717, 1.165) is 11.3 Å². The predicted octanol–water partition coefficient (Wildman–Crippen LogP) is 4.29. The van der Waals surface area contributed by atoms with Gasteiger partial charge < -0.3 is 10.2 Å². The molecule has 3 rings (SSSR count). The third-order valence-electron chi connectivity index (χ3n) is 3.98. The first-order chi connectivity index (χ1) is 11.4. The maximum Gasteiger partial charge on any atom is 0.229 e. The lowest BCUT2D eigenvalue weighted by Crippen LogP contribution is -2.28. The Balaban J connectivity index is 1.74. The summed E-state index contributed by atoms with van der Waals surface area (Å²) >= 11 is 12.2. The molecular weight excluding hydrogens is 347 g/mol. The normalized spacial score (nSPS) is 17.2. The van der Waals surface area contributed by atoms with Gasteiger partial charge in [-0.3, -0.25) is 9.59 Å². The molecule has 124 valence electrons. The van der Waals surface area contributed by atoms with Gasteiger partial charge in [0.1, 0.15) is 0 Å². The number of hydrogen-bond acceptors (Lipinski definition) is 2. The molecule has 0 bridgehead atoms. The Morgan fingerprint density at radius 1 is 1.21 bits per heavy atom. The fourth-order valence-electron chi connectivity index (χ4n) is 2.78. The summed E-state index contributed by atoms with van der Waals surface area (Å²) in [6, 6.07) is 12.5. The van der Waals surface area contributed by atoms with Crippen molar-refractivity contribution < 1.29 is 9.59 Å². The lowest BCUT2D eigenvalue weighted by atomic mass is 10.1. The molecule has 1 saturated heterocycles. The number of nitrogens with one attached hydrogen (secondary N) is 1. The van der Waals surface area contributed by atoms with Gasteiger partial charge in [0, 0.05) is 23.7 Å². The number of benzene rings is 2. The van der Waals surface area contributed by atoms with E-state index >= 15 is 0 Å². The van der Waals surface area contributed by atoms with Crippen molar-refractivity contribution in [1.82, 2.24) is 0 Å². The van der Waals surface area contributed by atoms with Gasteiger partial charge in [0.15, 0.2) is 0 Å². The molecule has 24 heavy (non-hydrogen) atoms. The van der Waals surface area contributed by atoms with Crippen molar-refractivity contribution in [3.05, 3.63) is 58.1 Å². The SMILES string of the molecule is Cc1cccc(NC(=O)[C@@H]2CC(=O)N(c3cc(Cl)ccc3Cl)C2)c1. The van der Waals surface area contributed by atoms with E-state index in [2.05, 4.69) is 5.32 Å². The van der Waals surface area contributed by atoms with Gasteiger partial charge in [-0.2, -0.15) is 0 Å². The van der Waals surface area contributed by atoms with Crippen LogP contribution >= 0.6 is 23.2 Å². The van der Waals surface area contributed by atoms with Gasteiger partial charge in [0.05, 0.1) is 16.6 Å². The van der Waals surface area contributed by atoms with Gasteiger partial charge in [-0.15, -0.1) is 0 Å². The average Bonchev–Trinajstić information content (AvgIpc) is 2.92. The maximum atomic E-state index is 12.5. The van der Waals surface area contributed by atoms with E-state index in [-0.39, 0.29) is 24.8 Å². The van der Waals surface area contributed by atoms with Gasteiger partial charge >= 0.3 is 0 Å². The second-order valence-corrected chi connectivity index (χ2v) is 6.70. The monoisotopic (exact) mass is 362 g/mol. The first-order valence-corrected chi connectivity index (χ1v) is 8.32. The summed E-state index contributed by atoms with van der Waals surface area (Å²) < 4.78 is 0. The number of anilines is 2. The number of halogens is 2. The average molecular weight is 363 g/mol. The summed E-state index contributed by atoms with van der Waals surface area (Å²) in [4.78, 5) is 26.3. The van der Waals surface area contributed by atoms with Crippen molar-refractivity contribution in [2.75, 3.05) is 16.8 Å². The number of hydrogen-bond donors (Lipinski definition) is 1. The minimum Gasteiger partial charge on any atom is -0.326 e. The van der Waals surface area contributed by atoms with Crippen molar-refractivity contribution in [3.63, 3.8) is 0 Å². The summed E-state index contributed by atoms with van der Waals surface area (Å²) in [6.45, 7) is 2.24. The molecule has 2 amide bonds. The van der Waals surface area contributed by atoms with E-state index < -0.39 is 5.92 Å². The van der Waals surface area contributed by atoms with Crippen molar-refractivity contribution in [3.8, 4) is 0 Å². The van der Waals surface area contributed by atoms with Crippen LogP contribution in [-0.4, -0.2) is 18.4 Å². The van der Waals surface area contributed by atoms with Crippen LogP contribution in [0.4, 0.5) is 11.4 Å². The number of carbonyl (C=O) groups is 2. The molecular formula is C18H16Cl2N2O2. The van der Waals surface area contributed by atoms with Gasteiger partial charge in [-0.05, 0) is 42.8 Å². The van der Waals surface area contributed by atoms with Crippen molar-refractivity contribution in [1.29, 1.82) is 0 Å². The molecule has 1 fully saturated rings. The van der Waals surface area contributed by atoms with Gasteiger partial charge in [0.2, 0.25) is 11.8 Å². The standard InChI is InChI=1S/C18H16Cl2N2O2/c1-11-3-2-4-14(7-11)21-18(24)12-8-17(23)22(10-12)16-9-13(19)5-6-15(16)20/h2-7,9,12H,8,10H2,1H3,(H,21,24)/t12-/m1/s1. The van der Waals surface area contributed by atoms with E-state index in [1.54, 1.807) is 18.2 Å². The molecule has 6 heteroatoms. The summed E-state index contributed by atoms with van der Waals surface area (Å²) in [5.74, 6) is -0.730. The number of rotatable bonds is 3. The first kappa shape index (κ1) is 16.8. The molecule has 1 aliphatic heterocycles. The Bertz CT molecular complexity index is 807. The van der Waals surface area contributed by atoms with Crippen LogP contribution in [0.3, 0.4) is 0 Å². The second-order valence-electron chi connectivity index (χ2n) is 5.86. The molecule has 2 aromatic rings. The topological polar surface area (TPSA) is 49.4 Å². The van der Waals surface area contributed by atoms with E-state index in [0.29, 0.717) is 15.7 Å². The molecule has 1 N–H and O–H groups in total. The lowest BCUT2D eigenvalue weighted by Gasteiger charge is -2.18. The minimum atomic E-state index is -0.423. The zero-order chi connectivity index (χ0) is 17.3. The molecule has 1 heterocycles. The van der Waals surface area contributed by atoms with Crippen LogP contribution in [0.15, 0.2) is 42.5 Å². The maximum absolute atomic E-state index is 12.5. The molecule has 0 aliphatic carbocycles. The quantitative estimate of drug-likeness (QED) is 0.884. The number of nitrogens with zero attached hydrogens (tertiary/aromatic N) is 1. The summed E-state index contributed by atoms with van der Waals surface area (Å²) in [5.41, 5.74) is 2.33. The molecule has 0 spiro atoms. The van der Waals surface area contributed by atoms with Crippen LogP contribution in [0.1, 0.15) is 12.0 Å². The summed E-state index contributed by atoms with van der Waals surface area (Å²) in [6.07, 6.45) is 0.153. The van der Waals surface area contributed by atoms with E-state index in [4.69, 9.17) is 23.2 Å². The van der Waals surface area contributed by atoms with Crippen molar-refractivity contribution in [2.45, 2.75) is 13.3 Å². The highest BCUT2D eigenvalue weighted by Crippen LogP contribution is 2.33. The van der Waals surface area contributed by atoms with Crippen LogP contribution in [0.2, 0.25) is 10.0 Å². The zero-order valence-corrected chi connectivity index (χ0v) is 14.6. The molecule has 1 aliphatic rings. The van der Waals surface area contributed by atoms with Gasteiger partial charge in [-0.25, -0.2) is 0 Å². The van der Waals surface area contributed by atoms with Crippen molar-refractivity contribution in [2.24, 2.45) is 5.92 Å². The van der Waals surface area contributed by atoms with Gasteiger partial charge in [0.25, 0.3) is 0 Å². The van der Waals surface area contributed by atoms with Gasteiger partial charge in [-0.1, -0.05) is 35.3 Å². The molecule has 2 aromatic carbocycles. The largest absolute Gasteiger partial charge is 0.326 e. The third-order valence-corrected chi connectivity index (χ3v) is 4.54. The molecule has 4 nitrogen and oxygen atoms in total. The summed E-state index contributed by atoms with van der Waals surface area (Å²) in [7, 11) is 0. The lowest BCUT2D eigenvalue weighted by molar-refractivity contribution is -0.122. The Kier molecular flexibility index (Phi) is 4.78. The minimum absolute atomic E-state index is 0.136.